The van der Waals surface area contributed by atoms with Gasteiger partial charge in [-0.15, -0.1) is 11.8 Å². The lowest BCUT2D eigenvalue weighted by atomic mass is 10.1. The number of hydrogen-bond acceptors (Lipinski definition) is 3. The summed E-state index contributed by atoms with van der Waals surface area (Å²) < 4.78 is 0.950. The third-order valence-electron chi connectivity index (χ3n) is 4.64. The molecule has 4 nitrogen and oxygen atoms in total. The fourth-order valence-electron chi connectivity index (χ4n) is 2.88. The molecule has 0 bridgehead atoms. The number of thioether (sulfide) groups is 1. The first kappa shape index (κ1) is 24.8. The predicted octanol–water partition coefficient (Wildman–Crippen LogP) is 5.92. The minimum atomic E-state index is -0.533. The van der Waals surface area contributed by atoms with Crippen LogP contribution in [0.25, 0.3) is 0 Å². The van der Waals surface area contributed by atoms with Gasteiger partial charge in [0.05, 0.1) is 0 Å². The Balaban J connectivity index is 2.03. The highest BCUT2D eigenvalue weighted by molar-refractivity contribution is 9.10. The van der Waals surface area contributed by atoms with E-state index in [2.05, 4.69) is 28.2 Å². The van der Waals surface area contributed by atoms with E-state index in [0.717, 1.165) is 27.8 Å². The number of amides is 2. The van der Waals surface area contributed by atoms with Gasteiger partial charge in [0.1, 0.15) is 6.04 Å². The molecule has 0 aliphatic rings. The number of benzene rings is 2. The molecule has 7 heteroatoms. The van der Waals surface area contributed by atoms with E-state index in [4.69, 9.17) is 11.6 Å². The van der Waals surface area contributed by atoms with Gasteiger partial charge < -0.3 is 10.2 Å². The highest BCUT2D eigenvalue weighted by Crippen LogP contribution is 2.22. The van der Waals surface area contributed by atoms with Crippen LogP contribution in [0.15, 0.2) is 57.9 Å². The van der Waals surface area contributed by atoms with Crippen molar-refractivity contribution in [2.24, 2.45) is 0 Å². The van der Waals surface area contributed by atoms with Crippen molar-refractivity contribution >= 4 is 51.1 Å². The summed E-state index contributed by atoms with van der Waals surface area (Å²) in [4.78, 5) is 28.4. The van der Waals surface area contributed by atoms with Crippen LogP contribution >= 0.6 is 39.3 Å². The maximum absolute atomic E-state index is 13.1. The minimum Gasteiger partial charge on any atom is -0.354 e. The zero-order valence-electron chi connectivity index (χ0n) is 17.4. The molecule has 2 aromatic carbocycles. The van der Waals surface area contributed by atoms with Gasteiger partial charge in [-0.2, -0.15) is 0 Å². The fraction of sp³-hybridized carbons (Fsp3) is 0.391. The van der Waals surface area contributed by atoms with E-state index < -0.39 is 6.04 Å². The minimum absolute atomic E-state index is 0.0328. The highest BCUT2D eigenvalue weighted by Gasteiger charge is 2.25. The van der Waals surface area contributed by atoms with E-state index in [1.54, 1.807) is 23.6 Å². The number of nitrogens with one attached hydrogen (secondary N) is 1. The molecule has 1 atom stereocenters. The van der Waals surface area contributed by atoms with Crippen molar-refractivity contribution in [1.29, 1.82) is 0 Å². The molecule has 0 aliphatic heterocycles. The Morgan fingerprint density at radius 2 is 1.93 bits per heavy atom. The monoisotopic (exact) mass is 510 g/mol. The van der Waals surface area contributed by atoms with Crippen LogP contribution in [-0.4, -0.2) is 35.1 Å². The Labute approximate surface area is 196 Å². The molecule has 2 amide bonds. The average molecular weight is 512 g/mol. The van der Waals surface area contributed by atoms with Gasteiger partial charge in [-0.25, -0.2) is 0 Å². The number of rotatable bonds is 11. The SMILES string of the molecule is CCCCNC(=O)[C@@H](C)N(Cc1cccc(Br)c1)C(=O)CCSc1ccc(Cl)cc1. The van der Waals surface area contributed by atoms with Crippen LogP contribution in [0.2, 0.25) is 5.02 Å². The van der Waals surface area contributed by atoms with Crippen molar-refractivity contribution in [2.75, 3.05) is 12.3 Å². The van der Waals surface area contributed by atoms with Crippen LogP contribution in [0, 0.1) is 0 Å². The molecule has 30 heavy (non-hydrogen) atoms. The van der Waals surface area contributed by atoms with Crippen LogP contribution in [0.5, 0.6) is 0 Å². The summed E-state index contributed by atoms with van der Waals surface area (Å²) in [6, 6.07) is 14.9. The molecule has 162 valence electrons. The van der Waals surface area contributed by atoms with E-state index in [-0.39, 0.29) is 11.8 Å². The lowest BCUT2D eigenvalue weighted by Crippen LogP contribution is -2.47. The van der Waals surface area contributed by atoms with E-state index in [0.29, 0.717) is 30.3 Å². The molecular weight excluding hydrogens is 484 g/mol. The van der Waals surface area contributed by atoms with Gasteiger partial charge in [0.15, 0.2) is 0 Å². The molecule has 2 aromatic rings. The number of carbonyl (C=O) groups excluding carboxylic acids is 2. The number of carbonyl (C=O) groups is 2. The van der Waals surface area contributed by atoms with E-state index in [9.17, 15) is 9.59 Å². The van der Waals surface area contributed by atoms with Crippen LogP contribution in [0.1, 0.15) is 38.7 Å². The molecule has 0 radical (unpaired) electrons. The number of unbranched alkanes of at least 4 members (excludes halogenated alkanes) is 1. The molecule has 0 unspecified atom stereocenters. The maximum atomic E-state index is 13.1. The van der Waals surface area contributed by atoms with Crippen molar-refractivity contribution in [2.45, 2.75) is 50.6 Å². The smallest absolute Gasteiger partial charge is 0.242 e. The molecule has 0 saturated heterocycles. The van der Waals surface area contributed by atoms with Crippen molar-refractivity contribution < 1.29 is 9.59 Å². The molecule has 0 aliphatic carbocycles. The Morgan fingerprint density at radius 3 is 2.60 bits per heavy atom. The van der Waals surface area contributed by atoms with Gasteiger partial charge in [-0.1, -0.05) is 53.0 Å². The Bertz CT molecular complexity index is 832. The van der Waals surface area contributed by atoms with Crippen molar-refractivity contribution in [3.05, 3.63) is 63.6 Å². The highest BCUT2D eigenvalue weighted by atomic mass is 79.9. The first-order chi connectivity index (χ1) is 14.4. The Kier molecular flexibility index (Phi) is 10.8. The summed E-state index contributed by atoms with van der Waals surface area (Å²) in [6.45, 7) is 4.90. The van der Waals surface area contributed by atoms with Crippen LogP contribution in [0.4, 0.5) is 0 Å². The molecule has 0 fully saturated rings. The lowest BCUT2D eigenvalue weighted by molar-refractivity contribution is -0.140. The molecule has 0 aromatic heterocycles. The Morgan fingerprint density at radius 1 is 1.20 bits per heavy atom. The summed E-state index contributed by atoms with van der Waals surface area (Å²) in [5, 5.41) is 3.64. The molecule has 0 heterocycles. The Hall–Kier alpha value is -1.50. The van der Waals surface area contributed by atoms with E-state index in [1.807, 2.05) is 48.5 Å². The normalized spacial score (nSPS) is 11.7. The summed E-state index contributed by atoms with van der Waals surface area (Å²) in [5.74, 6) is 0.492. The zero-order chi connectivity index (χ0) is 21.9. The van der Waals surface area contributed by atoms with Crippen molar-refractivity contribution in [1.82, 2.24) is 10.2 Å². The average Bonchev–Trinajstić information content (AvgIpc) is 2.73. The van der Waals surface area contributed by atoms with Crippen molar-refractivity contribution in [3.63, 3.8) is 0 Å². The second kappa shape index (κ2) is 13.0. The number of hydrogen-bond donors (Lipinski definition) is 1. The predicted molar refractivity (Wildman–Crippen MR) is 129 cm³/mol. The van der Waals surface area contributed by atoms with Crippen LogP contribution in [-0.2, 0) is 16.1 Å². The quantitative estimate of drug-likeness (QED) is 0.301. The van der Waals surface area contributed by atoms with Crippen LogP contribution < -0.4 is 5.32 Å². The maximum Gasteiger partial charge on any atom is 0.242 e. The summed E-state index contributed by atoms with van der Waals surface area (Å²) >= 11 is 11.0. The summed E-state index contributed by atoms with van der Waals surface area (Å²) in [7, 11) is 0. The van der Waals surface area contributed by atoms with Gasteiger partial charge >= 0.3 is 0 Å². The molecular formula is C23H28BrClN2O2S. The van der Waals surface area contributed by atoms with Gasteiger partial charge in [0.25, 0.3) is 0 Å². The second-order valence-electron chi connectivity index (χ2n) is 7.02. The lowest BCUT2D eigenvalue weighted by Gasteiger charge is -2.29. The summed E-state index contributed by atoms with van der Waals surface area (Å²) in [5.41, 5.74) is 0.983. The van der Waals surface area contributed by atoms with E-state index in [1.165, 1.54) is 0 Å². The second-order valence-corrected chi connectivity index (χ2v) is 9.54. The number of halogens is 2. The molecule has 0 spiro atoms. The summed E-state index contributed by atoms with van der Waals surface area (Å²) in [6.07, 6.45) is 2.29. The third kappa shape index (κ3) is 8.32. The molecule has 2 rings (SSSR count). The van der Waals surface area contributed by atoms with E-state index >= 15 is 0 Å². The first-order valence-electron chi connectivity index (χ1n) is 10.1. The topological polar surface area (TPSA) is 49.4 Å². The van der Waals surface area contributed by atoms with Gasteiger partial charge in [0, 0.05) is 39.7 Å². The van der Waals surface area contributed by atoms with Gasteiger partial charge in [-0.3, -0.25) is 9.59 Å². The number of nitrogens with zero attached hydrogens (tertiary/aromatic N) is 1. The van der Waals surface area contributed by atoms with Crippen LogP contribution in [0.3, 0.4) is 0 Å². The standard InChI is InChI=1S/C23H28BrClN2O2S/c1-3-4-13-26-23(29)17(2)27(16-18-6-5-7-19(24)15-18)22(28)12-14-30-21-10-8-20(25)9-11-21/h5-11,15,17H,3-4,12-14,16H2,1-2H3,(H,26,29)/t17-/m1/s1. The zero-order valence-corrected chi connectivity index (χ0v) is 20.5. The third-order valence-corrected chi connectivity index (χ3v) is 6.40. The van der Waals surface area contributed by atoms with Gasteiger partial charge in [0.2, 0.25) is 11.8 Å². The molecule has 0 saturated carbocycles. The fourth-order valence-corrected chi connectivity index (χ4v) is 4.29. The molecule has 1 N–H and O–H groups in total. The van der Waals surface area contributed by atoms with Gasteiger partial charge in [-0.05, 0) is 55.3 Å². The van der Waals surface area contributed by atoms with Crippen molar-refractivity contribution in [3.8, 4) is 0 Å². The first-order valence-corrected chi connectivity index (χ1v) is 12.3. The largest absolute Gasteiger partial charge is 0.354 e.